The standard InChI is InChI=1S/C23H19N3O3/c27-23-17(8-6-15-4-3-11-25-22(15)23)21(26-20-5-1-2-10-24-20)16-7-9-18-19(14-16)29-13-12-28-18/h1-11,14,21,27H,12-13H2,(H,24,26). The van der Waals surface area contributed by atoms with Gasteiger partial charge in [-0.05, 0) is 35.9 Å². The summed E-state index contributed by atoms with van der Waals surface area (Å²) in [7, 11) is 0. The van der Waals surface area contributed by atoms with Crippen molar-refractivity contribution in [2.24, 2.45) is 0 Å². The van der Waals surface area contributed by atoms with E-state index in [4.69, 9.17) is 9.47 Å². The molecule has 0 saturated heterocycles. The van der Waals surface area contributed by atoms with Crippen molar-refractivity contribution in [2.75, 3.05) is 18.5 Å². The highest BCUT2D eigenvalue weighted by atomic mass is 16.6. The van der Waals surface area contributed by atoms with Gasteiger partial charge < -0.3 is 19.9 Å². The third kappa shape index (κ3) is 3.29. The summed E-state index contributed by atoms with van der Waals surface area (Å²) >= 11 is 0. The van der Waals surface area contributed by atoms with Crippen molar-refractivity contribution in [3.63, 3.8) is 0 Å². The van der Waals surface area contributed by atoms with Gasteiger partial charge in [-0.3, -0.25) is 4.98 Å². The monoisotopic (exact) mass is 385 g/mol. The van der Waals surface area contributed by atoms with E-state index in [1.54, 1.807) is 12.4 Å². The first kappa shape index (κ1) is 17.3. The SMILES string of the molecule is Oc1c(C(Nc2ccccn2)c2ccc3c(c2)OCCO3)ccc2cccnc12. The minimum absolute atomic E-state index is 0.145. The third-order valence-corrected chi connectivity index (χ3v) is 4.95. The molecule has 5 rings (SSSR count). The molecule has 1 aliphatic rings. The molecule has 0 amide bonds. The van der Waals surface area contributed by atoms with E-state index in [0.29, 0.717) is 35.9 Å². The van der Waals surface area contributed by atoms with Crippen molar-refractivity contribution < 1.29 is 14.6 Å². The van der Waals surface area contributed by atoms with Gasteiger partial charge >= 0.3 is 0 Å². The van der Waals surface area contributed by atoms with E-state index in [1.165, 1.54) is 0 Å². The number of nitrogens with zero attached hydrogens (tertiary/aromatic N) is 2. The number of hydrogen-bond acceptors (Lipinski definition) is 6. The topological polar surface area (TPSA) is 76.5 Å². The van der Waals surface area contributed by atoms with Gasteiger partial charge in [-0.1, -0.05) is 30.3 Å². The Morgan fingerprint density at radius 2 is 1.72 bits per heavy atom. The van der Waals surface area contributed by atoms with Crippen LogP contribution in [0.1, 0.15) is 17.2 Å². The van der Waals surface area contributed by atoms with E-state index >= 15 is 0 Å². The normalized spacial score (nSPS) is 13.8. The highest BCUT2D eigenvalue weighted by molar-refractivity contribution is 5.86. The lowest BCUT2D eigenvalue weighted by Crippen LogP contribution is -2.17. The van der Waals surface area contributed by atoms with Gasteiger partial charge in [-0.2, -0.15) is 0 Å². The first-order valence-corrected chi connectivity index (χ1v) is 9.43. The molecule has 0 aliphatic carbocycles. The summed E-state index contributed by atoms with van der Waals surface area (Å²) in [5.41, 5.74) is 2.19. The summed E-state index contributed by atoms with van der Waals surface area (Å²) in [5.74, 6) is 2.26. The number of aromatic hydroxyl groups is 1. The molecular weight excluding hydrogens is 366 g/mol. The van der Waals surface area contributed by atoms with Gasteiger partial charge in [0.05, 0.1) is 6.04 Å². The number of benzene rings is 2. The predicted octanol–water partition coefficient (Wildman–Crippen LogP) is 4.31. The summed E-state index contributed by atoms with van der Waals surface area (Å²) in [6, 6.07) is 18.8. The number of rotatable bonds is 4. The molecule has 1 aliphatic heterocycles. The van der Waals surface area contributed by atoms with Crippen molar-refractivity contribution in [1.82, 2.24) is 9.97 Å². The molecule has 0 spiro atoms. The molecule has 6 nitrogen and oxygen atoms in total. The fourth-order valence-corrected chi connectivity index (χ4v) is 3.55. The second-order valence-corrected chi connectivity index (χ2v) is 6.77. The highest BCUT2D eigenvalue weighted by Gasteiger charge is 2.22. The Kier molecular flexibility index (Phi) is 4.37. The van der Waals surface area contributed by atoms with Gasteiger partial charge in [0.1, 0.15) is 30.3 Å². The van der Waals surface area contributed by atoms with Crippen LogP contribution in [-0.2, 0) is 0 Å². The van der Waals surface area contributed by atoms with Gasteiger partial charge in [0, 0.05) is 23.3 Å². The van der Waals surface area contributed by atoms with Crippen molar-refractivity contribution in [2.45, 2.75) is 6.04 Å². The number of anilines is 1. The van der Waals surface area contributed by atoms with E-state index in [2.05, 4.69) is 15.3 Å². The second-order valence-electron chi connectivity index (χ2n) is 6.77. The van der Waals surface area contributed by atoms with Crippen molar-refractivity contribution in [3.8, 4) is 17.2 Å². The van der Waals surface area contributed by atoms with Crippen LogP contribution >= 0.6 is 0 Å². The quantitative estimate of drug-likeness (QED) is 0.545. The summed E-state index contributed by atoms with van der Waals surface area (Å²) in [6.07, 6.45) is 3.40. The molecule has 144 valence electrons. The van der Waals surface area contributed by atoms with Crippen LogP contribution in [0.15, 0.2) is 73.1 Å². The fourth-order valence-electron chi connectivity index (χ4n) is 3.55. The van der Waals surface area contributed by atoms with Crippen molar-refractivity contribution in [3.05, 3.63) is 84.2 Å². The molecule has 1 atom stereocenters. The fraction of sp³-hybridized carbons (Fsp3) is 0.130. The van der Waals surface area contributed by atoms with Crippen LogP contribution < -0.4 is 14.8 Å². The zero-order chi connectivity index (χ0) is 19.6. The van der Waals surface area contributed by atoms with E-state index in [0.717, 1.165) is 16.7 Å². The Bertz CT molecular complexity index is 1160. The van der Waals surface area contributed by atoms with Crippen LogP contribution in [0.3, 0.4) is 0 Å². The smallest absolute Gasteiger partial charge is 0.161 e. The maximum absolute atomic E-state index is 11.0. The average Bonchev–Trinajstić information content (AvgIpc) is 2.79. The molecule has 0 radical (unpaired) electrons. The summed E-state index contributed by atoms with van der Waals surface area (Å²) in [6.45, 7) is 1.05. The summed E-state index contributed by atoms with van der Waals surface area (Å²) in [5, 5.41) is 15.3. The minimum Gasteiger partial charge on any atom is -0.505 e. The molecule has 0 bridgehead atoms. The number of pyridine rings is 2. The van der Waals surface area contributed by atoms with Crippen LogP contribution in [0, 0.1) is 0 Å². The largest absolute Gasteiger partial charge is 0.505 e. The summed E-state index contributed by atoms with van der Waals surface area (Å²) in [4.78, 5) is 8.74. The number of aromatic nitrogens is 2. The van der Waals surface area contributed by atoms with Gasteiger partial charge in [0.25, 0.3) is 0 Å². The Labute approximate surface area is 167 Å². The van der Waals surface area contributed by atoms with E-state index < -0.39 is 0 Å². The van der Waals surface area contributed by atoms with Crippen LogP contribution in [0.2, 0.25) is 0 Å². The van der Waals surface area contributed by atoms with Crippen LogP contribution in [-0.4, -0.2) is 28.3 Å². The number of hydrogen-bond donors (Lipinski definition) is 2. The molecule has 29 heavy (non-hydrogen) atoms. The number of phenolic OH excluding ortho intramolecular Hbond substituents is 1. The molecule has 2 aromatic heterocycles. The third-order valence-electron chi connectivity index (χ3n) is 4.95. The molecule has 1 unspecified atom stereocenters. The molecule has 6 heteroatoms. The Hall–Kier alpha value is -3.80. The van der Waals surface area contributed by atoms with E-state index in [9.17, 15) is 5.11 Å². The molecule has 0 fully saturated rings. The average molecular weight is 385 g/mol. The maximum Gasteiger partial charge on any atom is 0.161 e. The van der Waals surface area contributed by atoms with E-state index in [-0.39, 0.29) is 11.8 Å². The number of ether oxygens (including phenoxy) is 2. The minimum atomic E-state index is -0.355. The van der Waals surface area contributed by atoms with E-state index in [1.807, 2.05) is 60.7 Å². The first-order valence-electron chi connectivity index (χ1n) is 9.43. The van der Waals surface area contributed by atoms with Crippen molar-refractivity contribution >= 4 is 16.7 Å². The van der Waals surface area contributed by atoms with Crippen molar-refractivity contribution in [1.29, 1.82) is 0 Å². The molecular formula is C23H19N3O3. The Morgan fingerprint density at radius 1 is 0.862 bits per heavy atom. The molecule has 4 aromatic rings. The zero-order valence-electron chi connectivity index (χ0n) is 15.6. The van der Waals surface area contributed by atoms with Crippen LogP contribution in [0.5, 0.6) is 17.2 Å². The number of nitrogens with one attached hydrogen (secondary N) is 1. The molecule has 2 N–H and O–H groups in total. The van der Waals surface area contributed by atoms with Gasteiger partial charge in [0.2, 0.25) is 0 Å². The maximum atomic E-state index is 11.0. The number of fused-ring (bicyclic) bond motifs is 2. The molecule has 2 aromatic carbocycles. The van der Waals surface area contributed by atoms with Crippen LogP contribution in [0.4, 0.5) is 5.82 Å². The first-order chi connectivity index (χ1) is 14.3. The predicted molar refractivity (Wildman–Crippen MR) is 111 cm³/mol. The lowest BCUT2D eigenvalue weighted by molar-refractivity contribution is 0.171. The lowest BCUT2D eigenvalue weighted by Gasteiger charge is -2.24. The summed E-state index contributed by atoms with van der Waals surface area (Å²) < 4.78 is 11.4. The van der Waals surface area contributed by atoms with Gasteiger partial charge in [0.15, 0.2) is 11.5 Å². The van der Waals surface area contributed by atoms with Gasteiger partial charge in [-0.15, -0.1) is 0 Å². The highest BCUT2D eigenvalue weighted by Crippen LogP contribution is 2.39. The van der Waals surface area contributed by atoms with Gasteiger partial charge in [-0.25, -0.2) is 4.98 Å². The van der Waals surface area contributed by atoms with Crippen LogP contribution in [0.25, 0.3) is 10.9 Å². The lowest BCUT2D eigenvalue weighted by atomic mass is 9.95. The second kappa shape index (κ2) is 7.31. The molecule has 3 heterocycles. The Morgan fingerprint density at radius 3 is 2.59 bits per heavy atom. The number of phenols is 1. The zero-order valence-corrected chi connectivity index (χ0v) is 15.6. The Balaban J connectivity index is 1.64. The molecule has 0 saturated carbocycles.